The Labute approximate surface area is 148 Å². The van der Waals surface area contributed by atoms with Crippen molar-refractivity contribution in [1.29, 1.82) is 0 Å². The molecule has 2 aromatic rings. The average molecular weight is 343 g/mol. The SMILES string of the molecule is CCC(NC(=O)C(C)Sc1ccc(OC)cc1)c1ccc(C)cc1. The molecule has 0 bridgehead atoms. The Kier molecular flexibility index (Phi) is 6.73. The van der Waals surface area contributed by atoms with Crippen LogP contribution in [0.4, 0.5) is 0 Å². The van der Waals surface area contributed by atoms with Crippen molar-refractivity contribution < 1.29 is 9.53 Å². The minimum absolute atomic E-state index is 0.0528. The molecule has 2 atom stereocenters. The number of amides is 1. The van der Waals surface area contributed by atoms with Gasteiger partial charge in [0.15, 0.2) is 0 Å². The third-order valence-electron chi connectivity index (χ3n) is 3.95. The van der Waals surface area contributed by atoms with Gasteiger partial charge in [0, 0.05) is 4.90 Å². The first-order chi connectivity index (χ1) is 11.5. The van der Waals surface area contributed by atoms with Gasteiger partial charge in [-0.3, -0.25) is 4.79 Å². The van der Waals surface area contributed by atoms with Crippen LogP contribution in [0, 0.1) is 6.92 Å². The molecule has 4 heteroatoms. The second-order valence-corrected chi connectivity index (χ2v) is 7.23. The molecule has 1 N–H and O–H groups in total. The minimum Gasteiger partial charge on any atom is -0.497 e. The Morgan fingerprint density at radius 3 is 2.29 bits per heavy atom. The van der Waals surface area contributed by atoms with Gasteiger partial charge < -0.3 is 10.1 Å². The van der Waals surface area contributed by atoms with Gasteiger partial charge in [-0.15, -0.1) is 11.8 Å². The summed E-state index contributed by atoms with van der Waals surface area (Å²) in [6.07, 6.45) is 0.870. The molecular weight excluding hydrogens is 318 g/mol. The Bertz CT molecular complexity index is 652. The van der Waals surface area contributed by atoms with Crippen molar-refractivity contribution in [3.8, 4) is 5.75 Å². The van der Waals surface area contributed by atoms with E-state index in [1.807, 2.05) is 31.2 Å². The molecule has 1 amide bonds. The molecule has 0 radical (unpaired) electrons. The number of hydrogen-bond donors (Lipinski definition) is 1. The zero-order valence-electron chi connectivity index (χ0n) is 14.7. The fourth-order valence-corrected chi connectivity index (χ4v) is 3.30. The van der Waals surface area contributed by atoms with E-state index in [1.54, 1.807) is 18.9 Å². The van der Waals surface area contributed by atoms with Gasteiger partial charge in [-0.2, -0.15) is 0 Å². The summed E-state index contributed by atoms with van der Waals surface area (Å²) in [4.78, 5) is 13.6. The van der Waals surface area contributed by atoms with Crippen molar-refractivity contribution >= 4 is 17.7 Å². The lowest BCUT2D eigenvalue weighted by atomic mass is 10.0. The van der Waals surface area contributed by atoms with Crippen LogP contribution < -0.4 is 10.1 Å². The maximum atomic E-state index is 12.5. The van der Waals surface area contributed by atoms with E-state index < -0.39 is 0 Å². The summed E-state index contributed by atoms with van der Waals surface area (Å²) in [5.74, 6) is 0.880. The van der Waals surface area contributed by atoms with E-state index in [1.165, 1.54) is 5.56 Å². The number of methoxy groups -OCH3 is 1. The molecule has 0 aliphatic heterocycles. The normalized spacial score (nSPS) is 13.2. The smallest absolute Gasteiger partial charge is 0.233 e. The summed E-state index contributed by atoms with van der Waals surface area (Å²) < 4.78 is 5.16. The minimum atomic E-state index is -0.155. The second-order valence-electron chi connectivity index (χ2n) is 5.82. The van der Waals surface area contributed by atoms with Crippen molar-refractivity contribution in [3.63, 3.8) is 0 Å². The molecule has 24 heavy (non-hydrogen) atoms. The summed E-state index contributed by atoms with van der Waals surface area (Å²) in [5, 5.41) is 3.01. The number of carbonyl (C=O) groups is 1. The van der Waals surface area contributed by atoms with Crippen LogP contribution in [-0.4, -0.2) is 18.3 Å². The number of carbonyl (C=O) groups excluding carboxylic acids is 1. The molecule has 2 aromatic carbocycles. The molecule has 0 heterocycles. The third kappa shape index (κ3) is 5.03. The van der Waals surface area contributed by atoms with Crippen LogP contribution in [0.3, 0.4) is 0 Å². The molecule has 2 rings (SSSR count). The zero-order valence-corrected chi connectivity index (χ0v) is 15.5. The highest BCUT2D eigenvalue weighted by molar-refractivity contribution is 8.00. The van der Waals surface area contributed by atoms with Gasteiger partial charge in [-0.25, -0.2) is 0 Å². The van der Waals surface area contributed by atoms with Gasteiger partial charge in [0.1, 0.15) is 5.75 Å². The predicted octanol–water partition coefficient (Wildman–Crippen LogP) is 4.75. The average Bonchev–Trinajstić information content (AvgIpc) is 2.61. The lowest BCUT2D eigenvalue weighted by molar-refractivity contribution is -0.121. The third-order valence-corrected chi connectivity index (χ3v) is 5.06. The van der Waals surface area contributed by atoms with Gasteiger partial charge in [-0.05, 0) is 50.1 Å². The Balaban J connectivity index is 1.97. The maximum absolute atomic E-state index is 12.5. The molecule has 3 nitrogen and oxygen atoms in total. The van der Waals surface area contributed by atoms with Crippen LogP contribution in [0.15, 0.2) is 53.4 Å². The van der Waals surface area contributed by atoms with Gasteiger partial charge in [-0.1, -0.05) is 36.8 Å². The van der Waals surface area contributed by atoms with Crippen LogP contribution in [0.5, 0.6) is 5.75 Å². The first-order valence-electron chi connectivity index (χ1n) is 8.21. The Morgan fingerprint density at radius 2 is 1.75 bits per heavy atom. The van der Waals surface area contributed by atoms with E-state index in [-0.39, 0.29) is 17.2 Å². The van der Waals surface area contributed by atoms with E-state index in [0.717, 1.165) is 22.6 Å². The van der Waals surface area contributed by atoms with E-state index >= 15 is 0 Å². The molecule has 0 aliphatic rings. The van der Waals surface area contributed by atoms with Crippen LogP contribution in [0.25, 0.3) is 0 Å². The lowest BCUT2D eigenvalue weighted by Gasteiger charge is -2.20. The van der Waals surface area contributed by atoms with Crippen LogP contribution in [-0.2, 0) is 4.79 Å². The van der Waals surface area contributed by atoms with Gasteiger partial charge >= 0.3 is 0 Å². The van der Waals surface area contributed by atoms with Gasteiger partial charge in [0.25, 0.3) is 0 Å². The van der Waals surface area contributed by atoms with E-state index in [2.05, 4.69) is 43.4 Å². The number of hydrogen-bond acceptors (Lipinski definition) is 3. The second kappa shape index (κ2) is 8.78. The van der Waals surface area contributed by atoms with E-state index in [9.17, 15) is 4.79 Å². The largest absolute Gasteiger partial charge is 0.497 e. The number of ether oxygens (including phenoxy) is 1. The van der Waals surface area contributed by atoms with Crippen LogP contribution >= 0.6 is 11.8 Å². The summed E-state index contributed by atoms with van der Waals surface area (Å²) in [7, 11) is 1.65. The van der Waals surface area contributed by atoms with Crippen LogP contribution in [0.1, 0.15) is 37.4 Å². The van der Waals surface area contributed by atoms with E-state index in [0.29, 0.717) is 0 Å². The van der Waals surface area contributed by atoms with Crippen molar-refractivity contribution in [1.82, 2.24) is 5.32 Å². The number of rotatable bonds is 7. The van der Waals surface area contributed by atoms with E-state index in [4.69, 9.17) is 4.74 Å². The first-order valence-corrected chi connectivity index (χ1v) is 9.09. The van der Waals surface area contributed by atoms with Gasteiger partial charge in [0.2, 0.25) is 5.91 Å². The number of thioether (sulfide) groups is 1. The van der Waals surface area contributed by atoms with Crippen molar-refractivity contribution in [3.05, 3.63) is 59.7 Å². The molecule has 2 unspecified atom stereocenters. The first kappa shape index (κ1) is 18.4. The summed E-state index contributed by atoms with van der Waals surface area (Å²) in [5.41, 5.74) is 2.38. The van der Waals surface area contributed by atoms with Gasteiger partial charge in [0.05, 0.1) is 18.4 Å². The maximum Gasteiger partial charge on any atom is 0.233 e. The molecule has 0 saturated carbocycles. The molecule has 0 fully saturated rings. The molecule has 128 valence electrons. The molecule has 0 spiro atoms. The quantitative estimate of drug-likeness (QED) is 0.737. The monoisotopic (exact) mass is 343 g/mol. The van der Waals surface area contributed by atoms with Crippen molar-refractivity contribution in [2.45, 2.75) is 43.4 Å². The molecule has 0 saturated heterocycles. The Morgan fingerprint density at radius 1 is 1.12 bits per heavy atom. The predicted molar refractivity (Wildman–Crippen MR) is 101 cm³/mol. The van der Waals surface area contributed by atoms with Crippen molar-refractivity contribution in [2.24, 2.45) is 0 Å². The van der Waals surface area contributed by atoms with Crippen molar-refractivity contribution in [2.75, 3.05) is 7.11 Å². The molecule has 0 aromatic heterocycles. The highest BCUT2D eigenvalue weighted by Gasteiger charge is 2.18. The van der Waals surface area contributed by atoms with Crippen LogP contribution in [0.2, 0.25) is 0 Å². The number of benzene rings is 2. The molecular formula is C20H25NO2S. The number of nitrogens with one attached hydrogen (secondary N) is 1. The molecule has 0 aliphatic carbocycles. The Hall–Kier alpha value is -1.94. The fourth-order valence-electron chi connectivity index (χ4n) is 2.42. The topological polar surface area (TPSA) is 38.3 Å². The zero-order chi connectivity index (χ0) is 17.5. The fraction of sp³-hybridized carbons (Fsp3) is 0.350. The highest BCUT2D eigenvalue weighted by Crippen LogP contribution is 2.26. The number of aryl methyl sites for hydroxylation is 1. The summed E-state index contributed by atoms with van der Waals surface area (Å²) in [6, 6.07) is 16.2. The summed E-state index contributed by atoms with van der Waals surface area (Å²) >= 11 is 1.55. The summed E-state index contributed by atoms with van der Waals surface area (Å²) in [6.45, 7) is 6.09. The highest BCUT2D eigenvalue weighted by atomic mass is 32.2. The lowest BCUT2D eigenvalue weighted by Crippen LogP contribution is -2.34. The standard InChI is InChI=1S/C20H25NO2S/c1-5-19(16-8-6-14(2)7-9-16)21-20(22)15(3)24-18-12-10-17(23-4)11-13-18/h6-13,15,19H,5H2,1-4H3,(H,21,22).